The highest BCUT2D eigenvalue weighted by molar-refractivity contribution is 5.81. The van der Waals surface area contributed by atoms with Gasteiger partial charge in [-0.15, -0.1) is 0 Å². The Morgan fingerprint density at radius 2 is 1.73 bits per heavy atom. The molecule has 0 saturated carbocycles. The Kier molecular flexibility index (Phi) is 6.48. The Morgan fingerprint density at radius 1 is 1.00 bits per heavy atom. The lowest BCUT2D eigenvalue weighted by molar-refractivity contribution is -0.138. The Bertz CT molecular complexity index is 1100. The van der Waals surface area contributed by atoms with Crippen LogP contribution in [0, 0.1) is 0 Å². The molecule has 1 saturated heterocycles. The third-order valence-electron chi connectivity index (χ3n) is 5.41. The number of rotatable bonds is 5. The third-order valence-corrected chi connectivity index (χ3v) is 5.41. The molecule has 0 spiro atoms. The van der Waals surface area contributed by atoms with Crippen LogP contribution in [0.3, 0.4) is 0 Å². The van der Waals surface area contributed by atoms with E-state index >= 15 is 0 Å². The van der Waals surface area contributed by atoms with Gasteiger partial charge in [0, 0.05) is 37.9 Å². The molecule has 172 valence electrons. The Labute approximate surface area is 189 Å². The summed E-state index contributed by atoms with van der Waals surface area (Å²) in [5, 5.41) is 0. The first-order valence-electron chi connectivity index (χ1n) is 10.6. The highest BCUT2D eigenvalue weighted by atomic mass is 19.4. The largest absolute Gasteiger partial charge is 0.481 e. The van der Waals surface area contributed by atoms with Crippen LogP contribution in [-0.4, -0.2) is 53.1 Å². The molecule has 0 radical (unpaired) electrons. The lowest BCUT2D eigenvalue weighted by Crippen LogP contribution is -2.52. The fourth-order valence-electron chi connectivity index (χ4n) is 3.65. The summed E-state index contributed by atoms with van der Waals surface area (Å²) in [5.74, 6) is 0.958. The maximum absolute atomic E-state index is 13.1. The molecule has 0 N–H and O–H groups in total. The molecule has 1 aliphatic rings. The van der Waals surface area contributed by atoms with Crippen molar-refractivity contribution in [2.24, 2.45) is 0 Å². The number of aromatic nitrogens is 2. The zero-order valence-corrected chi connectivity index (χ0v) is 18.0. The molecule has 0 unspecified atom stereocenters. The SMILES string of the molecule is C[C@H](Oc1ccccc1)C(=O)N1CCN(c2nccc(-c3cccc(C(F)(F)F)c3)n2)CC1. The lowest BCUT2D eigenvalue weighted by atomic mass is 10.1. The van der Waals surface area contributed by atoms with Gasteiger partial charge in [0.2, 0.25) is 5.95 Å². The summed E-state index contributed by atoms with van der Waals surface area (Å²) in [6.07, 6.45) is -3.50. The number of carbonyl (C=O) groups excluding carboxylic acids is 1. The van der Waals surface area contributed by atoms with Gasteiger partial charge in [-0.05, 0) is 37.3 Å². The van der Waals surface area contributed by atoms with E-state index in [4.69, 9.17) is 4.74 Å². The van der Waals surface area contributed by atoms with Gasteiger partial charge in [-0.25, -0.2) is 9.97 Å². The summed E-state index contributed by atoms with van der Waals surface area (Å²) in [6.45, 7) is 3.69. The van der Waals surface area contributed by atoms with Gasteiger partial charge in [-0.2, -0.15) is 13.2 Å². The first-order valence-corrected chi connectivity index (χ1v) is 10.6. The van der Waals surface area contributed by atoms with E-state index in [2.05, 4.69) is 9.97 Å². The highest BCUT2D eigenvalue weighted by Gasteiger charge is 2.31. The number of ether oxygens (including phenoxy) is 1. The van der Waals surface area contributed by atoms with Gasteiger partial charge in [0.15, 0.2) is 6.10 Å². The number of carbonyl (C=O) groups is 1. The number of para-hydroxylation sites is 1. The molecule has 1 atom stereocenters. The normalized spacial score (nSPS) is 15.3. The number of benzene rings is 2. The van der Waals surface area contributed by atoms with E-state index < -0.39 is 17.8 Å². The molecule has 1 fully saturated rings. The third kappa shape index (κ3) is 5.42. The Hall–Kier alpha value is -3.62. The quantitative estimate of drug-likeness (QED) is 0.574. The summed E-state index contributed by atoms with van der Waals surface area (Å²) < 4.78 is 44.9. The van der Waals surface area contributed by atoms with Gasteiger partial charge in [0.25, 0.3) is 5.91 Å². The van der Waals surface area contributed by atoms with Crippen molar-refractivity contribution in [1.29, 1.82) is 0 Å². The summed E-state index contributed by atoms with van der Waals surface area (Å²) in [4.78, 5) is 25.2. The van der Waals surface area contributed by atoms with Crippen molar-refractivity contribution in [3.8, 4) is 17.0 Å². The van der Waals surface area contributed by atoms with Crippen molar-refractivity contribution in [3.63, 3.8) is 0 Å². The topological polar surface area (TPSA) is 58.6 Å². The molecule has 2 aromatic carbocycles. The van der Waals surface area contributed by atoms with Gasteiger partial charge in [-0.3, -0.25) is 4.79 Å². The summed E-state index contributed by atoms with van der Waals surface area (Å²) in [7, 11) is 0. The molecule has 33 heavy (non-hydrogen) atoms. The molecule has 3 aromatic rings. The zero-order chi connectivity index (χ0) is 23.4. The number of amides is 1. The van der Waals surface area contributed by atoms with Crippen molar-refractivity contribution >= 4 is 11.9 Å². The van der Waals surface area contributed by atoms with Crippen molar-refractivity contribution in [1.82, 2.24) is 14.9 Å². The fraction of sp³-hybridized carbons (Fsp3) is 0.292. The number of piperazine rings is 1. The highest BCUT2D eigenvalue weighted by Crippen LogP contribution is 2.32. The Morgan fingerprint density at radius 3 is 2.42 bits per heavy atom. The number of hydrogen-bond donors (Lipinski definition) is 0. The van der Waals surface area contributed by atoms with Crippen LogP contribution >= 0.6 is 0 Å². The molecular formula is C24H23F3N4O2. The standard InChI is InChI=1S/C24H23F3N4O2/c1-17(33-20-8-3-2-4-9-20)22(32)30-12-14-31(15-13-30)23-28-11-10-21(29-23)18-6-5-7-19(16-18)24(25,26)27/h2-11,16-17H,12-15H2,1H3/t17-/m0/s1. The van der Waals surface area contributed by atoms with E-state index in [0.717, 1.165) is 12.1 Å². The lowest BCUT2D eigenvalue weighted by Gasteiger charge is -2.35. The van der Waals surface area contributed by atoms with E-state index in [-0.39, 0.29) is 5.91 Å². The van der Waals surface area contributed by atoms with Crippen LogP contribution < -0.4 is 9.64 Å². The minimum atomic E-state index is -4.42. The van der Waals surface area contributed by atoms with Crippen molar-refractivity contribution in [2.45, 2.75) is 19.2 Å². The van der Waals surface area contributed by atoms with Crippen LogP contribution in [0.2, 0.25) is 0 Å². The minimum Gasteiger partial charge on any atom is -0.481 e. The summed E-state index contributed by atoms with van der Waals surface area (Å²) in [6, 6.07) is 15.8. The second-order valence-electron chi connectivity index (χ2n) is 7.71. The number of halogens is 3. The molecule has 2 heterocycles. The van der Waals surface area contributed by atoms with Crippen LogP contribution in [-0.2, 0) is 11.0 Å². The maximum atomic E-state index is 13.1. The van der Waals surface area contributed by atoms with E-state index in [1.54, 1.807) is 36.1 Å². The van der Waals surface area contributed by atoms with Crippen LogP contribution in [0.25, 0.3) is 11.3 Å². The molecule has 4 rings (SSSR count). The van der Waals surface area contributed by atoms with Crippen molar-refractivity contribution in [3.05, 3.63) is 72.4 Å². The molecule has 6 nitrogen and oxygen atoms in total. The predicted octanol–water partition coefficient (Wildman–Crippen LogP) is 4.28. The number of alkyl halides is 3. The number of nitrogens with zero attached hydrogens (tertiary/aromatic N) is 4. The van der Waals surface area contributed by atoms with Gasteiger partial charge in [0.05, 0.1) is 11.3 Å². The average Bonchev–Trinajstić information content (AvgIpc) is 2.84. The molecule has 1 aliphatic heterocycles. The van der Waals surface area contributed by atoms with E-state index in [1.165, 1.54) is 12.3 Å². The van der Waals surface area contributed by atoms with Gasteiger partial charge in [0.1, 0.15) is 5.75 Å². The molecule has 1 amide bonds. The second kappa shape index (κ2) is 9.48. The average molecular weight is 456 g/mol. The molecule has 0 bridgehead atoms. The van der Waals surface area contributed by atoms with Gasteiger partial charge in [-0.1, -0.05) is 30.3 Å². The van der Waals surface area contributed by atoms with Crippen molar-refractivity contribution < 1.29 is 22.7 Å². The summed E-state index contributed by atoms with van der Waals surface area (Å²) in [5.41, 5.74) is 0.0581. The summed E-state index contributed by atoms with van der Waals surface area (Å²) >= 11 is 0. The van der Waals surface area contributed by atoms with E-state index in [0.29, 0.717) is 49.1 Å². The van der Waals surface area contributed by atoms with Crippen molar-refractivity contribution in [2.75, 3.05) is 31.1 Å². The number of anilines is 1. The van der Waals surface area contributed by atoms with Gasteiger partial charge >= 0.3 is 6.18 Å². The second-order valence-corrected chi connectivity index (χ2v) is 7.71. The zero-order valence-electron chi connectivity index (χ0n) is 18.0. The molecule has 9 heteroatoms. The smallest absolute Gasteiger partial charge is 0.416 e. The first kappa shape index (κ1) is 22.6. The number of hydrogen-bond acceptors (Lipinski definition) is 5. The van der Waals surface area contributed by atoms with Gasteiger partial charge < -0.3 is 14.5 Å². The molecule has 1 aromatic heterocycles. The van der Waals surface area contributed by atoms with Crippen LogP contribution in [0.4, 0.5) is 19.1 Å². The Balaban J connectivity index is 1.40. The molecule has 0 aliphatic carbocycles. The maximum Gasteiger partial charge on any atom is 0.416 e. The predicted molar refractivity (Wildman–Crippen MR) is 118 cm³/mol. The monoisotopic (exact) mass is 456 g/mol. The minimum absolute atomic E-state index is 0.0999. The first-order chi connectivity index (χ1) is 15.8. The van der Waals surface area contributed by atoms with Crippen LogP contribution in [0.15, 0.2) is 66.9 Å². The fourth-order valence-corrected chi connectivity index (χ4v) is 3.65. The van der Waals surface area contributed by atoms with E-state index in [9.17, 15) is 18.0 Å². The van der Waals surface area contributed by atoms with E-state index in [1.807, 2.05) is 23.1 Å². The van der Waals surface area contributed by atoms with Crippen LogP contribution in [0.1, 0.15) is 12.5 Å². The molecular weight excluding hydrogens is 433 g/mol. The van der Waals surface area contributed by atoms with Crippen LogP contribution in [0.5, 0.6) is 5.75 Å².